The molecule has 0 saturated heterocycles. The van der Waals surface area contributed by atoms with Crippen LogP contribution in [0, 0.1) is 0 Å². The number of hydrogen-bond donors (Lipinski definition) is 1. The third-order valence-corrected chi connectivity index (χ3v) is 1.99. The van der Waals surface area contributed by atoms with Gasteiger partial charge in [0.25, 0.3) is 0 Å². The predicted molar refractivity (Wildman–Crippen MR) is 68.1 cm³/mol. The summed E-state index contributed by atoms with van der Waals surface area (Å²) in [5.74, 6) is -1.07. The van der Waals surface area contributed by atoms with E-state index < -0.39 is 31.0 Å². The van der Waals surface area contributed by atoms with E-state index in [1.54, 1.807) is 0 Å². The molecule has 0 bridgehead atoms. The minimum atomic E-state index is -3.09. The van der Waals surface area contributed by atoms with Crippen molar-refractivity contribution < 1.29 is 14.4 Å². The van der Waals surface area contributed by atoms with Crippen molar-refractivity contribution in [1.29, 1.82) is 0 Å². The molecule has 0 aliphatic rings. The average Bonchev–Trinajstić information content (AvgIpc) is 2.34. The maximum absolute atomic E-state index is 12.6. The highest BCUT2D eigenvalue weighted by Gasteiger charge is 2.20. The van der Waals surface area contributed by atoms with Gasteiger partial charge in [0.05, 0.1) is 7.39 Å². The van der Waals surface area contributed by atoms with Crippen LogP contribution in [0.4, 0.5) is 0 Å². The summed E-state index contributed by atoms with van der Waals surface area (Å²) in [6.45, 7) is -3.26. The monoisotopic (exact) mass is 246 g/mol. The Morgan fingerprint density at radius 1 is 1.62 bits per heavy atom. The minimum absolute atomic E-state index is 0.0857. The van der Waals surface area contributed by atoms with Gasteiger partial charge in [0.1, 0.15) is 0 Å². The Kier molecular flexibility index (Phi) is 1.92. The first-order valence-electron chi connectivity index (χ1n) is 8.21. The fourth-order valence-electron chi connectivity index (χ4n) is 1.14. The van der Waals surface area contributed by atoms with Crippen LogP contribution in [0.3, 0.4) is 0 Å². The second kappa shape index (κ2) is 4.98. The van der Waals surface area contributed by atoms with Gasteiger partial charge in [-0.05, 0) is 39.7 Å². The first kappa shape index (κ1) is 6.18. The summed E-state index contributed by atoms with van der Waals surface area (Å²) in [6.07, 6.45) is 0. The molecule has 3 heteroatoms. The number of nitrogens with one attached hydrogen (secondary N) is 1. The zero-order chi connectivity index (χ0) is 18.3. The Morgan fingerprint density at radius 2 is 2.38 bits per heavy atom. The number of hydrogen-bond acceptors (Lipinski definition) is 2. The summed E-state index contributed by atoms with van der Waals surface area (Å²) in [6, 6.07) is 2.69. The van der Waals surface area contributed by atoms with Gasteiger partial charge in [0, 0.05) is 24.3 Å². The summed E-state index contributed by atoms with van der Waals surface area (Å²) >= 11 is 5.79. The molecule has 16 heavy (non-hydrogen) atoms. The molecule has 0 unspecified atom stereocenters. The molecule has 0 heterocycles. The Morgan fingerprint density at radius 3 is 2.94 bits per heavy atom. The second-order valence-electron chi connectivity index (χ2n) is 3.96. The van der Waals surface area contributed by atoms with Crippen molar-refractivity contribution in [3.63, 3.8) is 0 Å². The number of carbonyl (C=O) groups excluding carboxylic acids is 1. The summed E-state index contributed by atoms with van der Waals surface area (Å²) in [7, 11) is 0. The van der Waals surface area contributed by atoms with Crippen molar-refractivity contribution in [3.05, 3.63) is 34.9 Å². The molecule has 0 aromatic heterocycles. The Hall–Kier alpha value is -0.860. The zero-order valence-corrected chi connectivity index (χ0v) is 9.85. The van der Waals surface area contributed by atoms with E-state index in [0.29, 0.717) is 0 Å². The molecular formula is C13H18ClNO. The normalized spacial score (nSPS) is 23.6. The number of carbonyl (C=O) groups is 1. The van der Waals surface area contributed by atoms with Crippen LogP contribution in [0.25, 0.3) is 0 Å². The van der Waals surface area contributed by atoms with Crippen molar-refractivity contribution in [3.8, 4) is 0 Å². The lowest BCUT2D eigenvalue weighted by Crippen LogP contribution is -2.46. The van der Waals surface area contributed by atoms with Crippen LogP contribution in [0.5, 0.6) is 0 Å². The van der Waals surface area contributed by atoms with Crippen LogP contribution >= 0.6 is 11.6 Å². The van der Waals surface area contributed by atoms with E-state index in [9.17, 15) is 4.79 Å². The van der Waals surface area contributed by atoms with E-state index in [1.807, 2.05) is 0 Å². The molecule has 1 atom stereocenters. The third kappa shape index (κ3) is 3.95. The highest BCUT2D eigenvalue weighted by atomic mass is 35.5. The minimum Gasteiger partial charge on any atom is -0.303 e. The molecule has 0 saturated carbocycles. The summed E-state index contributed by atoms with van der Waals surface area (Å²) in [5.41, 5.74) is -1.85. The van der Waals surface area contributed by atoms with Gasteiger partial charge in [0.15, 0.2) is 5.78 Å². The molecule has 2 nitrogen and oxygen atoms in total. The molecule has 1 N–H and O–H groups in total. The summed E-state index contributed by atoms with van der Waals surface area (Å²) in [4.78, 5) is 12.6. The third-order valence-electron chi connectivity index (χ3n) is 1.75. The number of benzene rings is 1. The molecule has 0 spiro atoms. The molecule has 0 aliphatic carbocycles. The lowest BCUT2D eigenvalue weighted by atomic mass is 10.0. The molecule has 1 aromatic carbocycles. The van der Waals surface area contributed by atoms with Gasteiger partial charge in [-0.3, -0.25) is 4.79 Å². The van der Waals surface area contributed by atoms with E-state index >= 15 is 0 Å². The summed E-state index contributed by atoms with van der Waals surface area (Å²) in [5, 5.41) is 2.42. The number of rotatable bonds is 3. The van der Waals surface area contributed by atoms with E-state index in [4.69, 9.17) is 21.2 Å². The van der Waals surface area contributed by atoms with Gasteiger partial charge in [0.2, 0.25) is 0 Å². The number of halogens is 1. The first-order chi connectivity index (χ1) is 10.1. The fourth-order valence-corrected chi connectivity index (χ4v) is 1.33. The Labute approximate surface area is 112 Å². The van der Waals surface area contributed by atoms with Gasteiger partial charge < -0.3 is 5.32 Å². The van der Waals surface area contributed by atoms with Crippen molar-refractivity contribution in [2.75, 3.05) is 0 Å². The maximum Gasteiger partial charge on any atom is 0.179 e. The zero-order valence-electron chi connectivity index (χ0n) is 16.1. The van der Waals surface area contributed by atoms with E-state index in [2.05, 4.69) is 5.32 Å². The van der Waals surface area contributed by atoms with Crippen molar-refractivity contribution in [2.45, 2.75) is 39.1 Å². The van der Waals surface area contributed by atoms with Crippen LogP contribution in [0.1, 0.15) is 47.5 Å². The Bertz CT molecular complexity index is 597. The van der Waals surface area contributed by atoms with Crippen LogP contribution < -0.4 is 5.32 Å². The molecule has 88 valence electrons. The van der Waals surface area contributed by atoms with E-state index in [1.165, 1.54) is 38.1 Å². The van der Waals surface area contributed by atoms with Crippen LogP contribution in [-0.4, -0.2) is 17.3 Å². The standard InChI is InChI=1S/C13H18ClNO/c1-9(15-13(2,3)4)12(16)10-6-5-7-11(14)8-10/h5-9,15H,1-4H3/t9-/m0/s1/i1D3,2D3,9D. The molecule has 0 aliphatic heterocycles. The lowest BCUT2D eigenvalue weighted by Gasteiger charge is -2.25. The highest BCUT2D eigenvalue weighted by molar-refractivity contribution is 6.31. The van der Waals surface area contributed by atoms with E-state index in [-0.39, 0.29) is 10.6 Å². The molecule has 0 radical (unpaired) electrons. The van der Waals surface area contributed by atoms with Gasteiger partial charge in [-0.15, -0.1) is 0 Å². The average molecular weight is 247 g/mol. The first-order valence-corrected chi connectivity index (χ1v) is 5.09. The smallest absolute Gasteiger partial charge is 0.179 e. The largest absolute Gasteiger partial charge is 0.303 e. The summed E-state index contributed by atoms with van der Waals surface area (Å²) < 4.78 is 53.3. The maximum atomic E-state index is 12.6. The topological polar surface area (TPSA) is 29.1 Å². The highest BCUT2D eigenvalue weighted by Crippen LogP contribution is 2.13. The molecule has 1 aromatic rings. The predicted octanol–water partition coefficient (Wildman–Crippen LogP) is 3.30. The van der Waals surface area contributed by atoms with Crippen molar-refractivity contribution in [2.24, 2.45) is 0 Å². The Balaban J connectivity index is 3.37. The van der Waals surface area contributed by atoms with Crippen LogP contribution in [0.2, 0.25) is 5.02 Å². The lowest BCUT2D eigenvalue weighted by molar-refractivity contribution is 0.0936. The van der Waals surface area contributed by atoms with Gasteiger partial charge >= 0.3 is 0 Å². The fraction of sp³-hybridized carbons (Fsp3) is 0.462. The van der Waals surface area contributed by atoms with Gasteiger partial charge in [-0.2, -0.15) is 0 Å². The van der Waals surface area contributed by atoms with Crippen molar-refractivity contribution >= 4 is 17.4 Å². The number of Topliss-reactive ketones (excluding diaryl/α,β-unsaturated/α-hetero) is 1. The molecule has 0 fully saturated rings. The molecule has 1 rings (SSSR count). The van der Waals surface area contributed by atoms with Crippen LogP contribution in [-0.2, 0) is 0 Å². The number of ketones is 1. The van der Waals surface area contributed by atoms with Gasteiger partial charge in [-0.1, -0.05) is 23.7 Å². The van der Waals surface area contributed by atoms with Crippen molar-refractivity contribution in [1.82, 2.24) is 5.32 Å². The van der Waals surface area contributed by atoms with Gasteiger partial charge in [-0.25, -0.2) is 0 Å². The second-order valence-corrected chi connectivity index (χ2v) is 4.40. The quantitative estimate of drug-likeness (QED) is 0.830. The SMILES string of the molecule is [2H]C([2H])([2H])C(C)(C)N[C@]([2H])(C(=O)c1cccc(Cl)c1)C([2H])([2H])[2H]. The van der Waals surface area contributed by atoms with E-state index in [0.717, 1.165) is 0 Å². The molecular weight excluding hydrogens is 222 g/mol. The molecule has 0 amide bonds. The van der Waals surface area contributed by atoms with Crippen LogP contribution in [0.15, 0.2) is 24.3 Å².